The average Bonchev–Trinajstić information content (AvgIpc) is 3.19. The molecule has 1 aromatic rings. The standard InChI is InChI=1S/C22H30NO5.ClH/c1-3-27-20(25)13-23(2)19-12-17(11-16-9-10-22(16,19)23)28-21(26)18(14-24)15-7-5-4-6-8-15;/h4-8,16-19,24H,3,9-14H2,1-2H3;1H/q+1;/p-1. The molecule has 29 heavy (non-hydrogen) atoms. The minimum atomic E-state index is -0.645. The van der Waals surface area contributed by atoms with Crippen LogP contribution in [0.1, 0.15) is 44.1 Å². The van der Waals surface area contributed by atoms with E-state index in [4.69, 9.17) is 9.47 Å². The maximum atomic E-state index is 12.7. The monoisotopic (exact) mass is 423 g/mol. The number of ether oxygens (including phenoxy) is 2. The highest BCUT2D eigenvalue weighted by atomic mass is 35.5. The van der Waals surface area contributed by atoms with Crippen molar-refractivity contribution in [2.45, 2.75) is 56.2 Å². The van der Waals surface area contributed by atoms with Crippen LogP contribution in [0.3, 0.4) is 0 Å². The quantitative estimate of drug-likeness (QED) is 0.346. The van der Waals surface area contributed by atoms with Crippen LogP contribution in [0, 0.1) is 5.92 Å². The predicted octanol–water partition coefficient (Wildman–Crippen LogP) is -0.987. The summed E-state index contributed by atoms with van der Waals surface area (Å²) >= 11 is 0. The number of nitrogens with zero attached hydrogens (tertiary/aromatic N) is 1. The Morgan fingerprint density at radius 1 is 1.28 bits per heavy atom. The summed E-state index contributed by atoms with van der Waals surface area (Å²) in [4.78, 5) is 24.8. The number of benzene rings is 1. The lowest BCUT2D eigenvalue weighted by Crippen LogP contribution is -3.00. The fourth-order valence-corrected chi connectivity index (χ4v) is 6.04. The molecule has 0 bridgehead atoms. The van der Waals surface area contributed by atoms with Crippen molar-refractivity contribution < 1.29 is 41.1 Å². The van der Waals surface area contributed by atoms with E-state index in [2.05, 4.69) is 7.05 Å². The lowest BCUT2D eigenvalue weighted by Gasteiger charge is -2.40. The third kappa shape index (κ3) is 3.45. The molecule has 6 atom stereocenters. The number of hydrogen-bond acceptors (Lipinski definition) is 5. The van der Waals surface area contributed by atoms with Gasteiger partial charge in [-0.25, -0.2) is 4.79 Å². The Bertz CT molecular complexity index is 759. The molecule has 1 aromatic carbocycles. The largest absolute Gasteiger partial charge is 1.00 e. The molecule has 160 valence electrons. The number of rotatable bonds is 7. The number of likely N-dealkylation sites (N-methyl/N-ethyl adjacent to an activating group) is 1. The van der Waals surface area contributed by atoms with Crippen LogP contribution < -0.4 is 12.4 Å². The molecule has 6 nitrogen and oxygen atoms in total. The van der Waals surface area contributed by atoms with Crippen LogP contribution in [0.4, 0.5) is 0 Å². The van der Waals surface area contributed by atoms with Gasteiger partial charge in [0.05, 0.1) is 20.3 Å². The van der Waals surface area contributed by atoms with E-state index >= 15 is 0 Å². The fraction of sp³-hybridized carbons (Fsp3) is 0.636. The summed E-state index contributed by atoms with van der Waals surface area (Å²) in [5.41, 5.74) is 0.962. The first-order valence-corrected chi connectivity index (χ1v) is 10.3. The predicted molar refractivity (Wildman–Crippen MR) is 102 cm³/mol. The molecule has 2 aliphatic carbocycles. The van der Waals surface area contributed by atoms with E-state index in [1.807, 2.05) is 37.3 Å². The van der Waals surface area contributed by atoms with E-state index in [0.29, 0.717) is 25.1 Å². The average molecular weight is 424 g/mol. The summed E-state index contributed by atoms with van der Waals surface area (Å²) in [6, 6.07) is 9.64. The van der Waals surface area contributed by atoms with Gasteiger partial charge in [-0.1, -0.05) is 30.3 Å². The number of likely N-dealkylation sites (tertiary alicyclic amines) is 1. The third-order valence-electron chi connectivity index (χ3n) is 7.50. The Morgan fingerprint density at radius 3 is 2.59 bits per heavy atom. The van der Waals surface area contributed by atoms with Crippen molar-refractivity contribution in [2.24, 2.45) is 5.92 Å². The van der Waals surface area contributed by atoms with Crippen LogP contribution >= 0.6 is 0 Å². The molecule has 3 aliphatic rings. The fourth-order valence-electron chi connectivity index (χ4n) is 6.04. The lowest BCUT2D eigenvalue weighted by atomic mass is 9.64. The molecule has 1 N–H and O–H groups in total. The van der Waals surface area contributed by atoms with Crippen LogP contribution in [0.5, 0.6) is 0 Å². The number of quaternary nitrogens is 1. The molecule has 1 saturated heterocycles. The molecule has 2 saturated carbocycles. The molecule has 1 heterocycles. The SMILES string of the molecule is CCOC(=O)C[N+]1(C)C2CC(OC(=O)C(CO)c3ccccc3)CC3CCC321.[Cl-]. The van der Waals surface area contributed by atoms with Gasteiger partial charge in [-0.2, -0.15) is 0 Å². The van der Waals surface area contributed by atoms with E-state index in [9.17, 15) is 14.7 Å². The minimum Gasteiger partial charge on any atom is -1.00 e. The van der Waals surface area contributed by atoms with Gasteiger partial charge in [0.2, 0.25) is 0 Å². The normalized spacial score (nSPS) is 35.1. The van der Waals surface area contributed by atoms with Gasteiger partial charge in [0.25, 0.3) is 0 Å². The van der Waals surface area contributed by atoms with Crippen LogP contribution in [0.15, 0.2) is 30.3 Å². The number of carbonyl (C=O) groups excluding carboxylic acids is 2. The van der Waals surface area contributed by atoms with Gasteiger partial charge < -0.3 is 27.0 Å². The Labute approximate surface area is 178 Å². The minimum absolute atomic E-state index is 0. The van der Waals surface area contributed by atoms with Gasteiger partial charge in [-0.15, -0.1) is 0 Å². The van der Waals surface area contributed by atoms with Crippen molar-refractivity contribution >= 4 is 11.9 Å². The topological polar surface area (TPSA) is 72.8 Å². The number of aliphatic hydroxyl groups excluding tert-OH is 1. The smallest absolute Gasteiger partial charge is 0.361 e. The van der Waals surface area contributed by atoms with Crippen LogP contribution in [-0.2, 0) is 19.1 Å². The Morgan fingerprint density at radius 2 is 2.00 bits per heavy atom. The number of carbonyl (C=O) groups is 2. The van der Waals surface area contributed by atoms with Crippen LogP contribution in [-0.4, -0.2) is 66.0 Å². The Balaban J connectivity index is 0.00000240. The highest BCUT2D eigenvalue weighted by Crippen LogP contribution is 2.69. The second-order valence-electron chi connectivity index (χ2n) is 8.65. The van der Waals surface area contributed by atoms with Gasteiger partial charge >= 0.3 is 11.9 Å². The number of esters is 2. The molecule has 7 heteroatoms. The van der Waals surface area contributed by atoms with Gasteiger partial charge in [0.15, 0.2) is 12.1 Å². The molecule has 3 fully saturated rings. The second kappa shape index (κ2) is 8.25. The summed E-state index contributed by atoms with van der Waals surface area (Å²) < 4.78 is 11.8. The first-order valence-electron chi connectivity index (χ1n) is 10.3. The zero-order valence-electron chi connectivity index (χ0n) is 17.1. The summed E-state index contributed by atoms with van der Waals surface area (Å²) in [5.74, 6) is -0.648. The van der Waals surface area contributed by atoms with Crippen molar-refractivity contribution in [1.29, 1.82) is 0 Å². The summed E-state index contributed by atoms with van der Waals surface area (Å²) in [6.07, 6.45) is 3.76. The second-order valence-corrected chi connectivity index (χ2v) is 8.65. The van der Waals surface area contributed by atoms with Crippen molar-refractivity contribution in [1.82, 2.24) is 0 Å². The zero-order valence-corrected chi connectivity index (χ0v) is 17.8. The number of aliphatic hydroxyl groups is 1. The summed E-state index contributed by atoms with van der Waals surface area (Å²) in [7, 11) is 2.15. The molecule has 0 aromatic heterocycles. The summed E-state index contributed by atoms with van der Waals surface area (Å²) in [5, 5.41) is 9.72. The van der Waals surface area contributed by atoms with Crippen LogP contribution in [0.2, 0.25) is 0 Å². The van der Waals surface area contributed by atoms with E-state index in [0.717, 1.165) is 35.7 Å². The third-order valence-corrected chi connectivity index (χ3v) is 7.50. The summed E-state index contributed by atoms with van der Waals surface area (Å²) in [6.45, 7) is 2.38. The van der Waals surface area contributed by atoms with Gasteiger partial charge in [0.1, 0.15) is 18.1 Å². The lowest BCUT2D eigenvalue weighted by molar-refractivity contribution is -0.820. The highest BCUT2D eigenvalue weighted by molar-refractivity contribution is 5.78. The van der Waals surface area contributed by atoms with E-state index < -0.39 is 5.92 Å². The van der Waals surface area contributed by atoms with Crippen LogP contribution in [0.25, 0.3) is 0 Å². The zero-order chi connectivity index (χ0) is 19.9. The van der Waals surface area contributed by atoms with Crippen molar-refractivity contribution in [2.75, 3.05) is 26.8 Å². The first-order chi connectivity index (χ1) is 13.5. The molecule has 0 radical (unpaired) electrons. The maximum Gasteiger partial charge on any atom is 0.361 e. The van der Waals surface area contributed by atoms with Gasteiger partial charge in [-0.05, 0) is 25.3 Å². The van der Waals surface area contributed by atoms with E-state index in [1.165, 1.54) is 0 Å². The molecule has 6 unspecified atom stereocenters. The molecule has 0 amide bonds. The van der Waals surface area contributed by atoms with Crippen molar-refractivity contribution in [3.63, 3.8) is 0 Å². The Kier molecular flexibility index (Phi) is 6.27. The first kappa shape index (κ1) is 22.1. The van der Waals surface area contributed by atoms with Gasteiger partial charge in [-0.3, -0.25) is 9.28 Å². The van der Waals surface area contributed by atoms with Crippen molar-refractivity contribution in [3.8, 4) is 0 Å². The highest BCUT2D eigenvalue weighted by Gasteiger charge is 2.85. The number of hydrogen-bond donors (Lipinski definition) is 1. The van der Waals surface area contributed by atoms with E-state index in [-0.39, 0.29) is 42.6 Å². The van der Waals surface area contributed by atoms with Crippen molar-refractivity contribution in [3.05, 3.63) is 35.9 Å². The maximum absolute atomic E-state index is 12.7. The molecule has 1 aliphatic heterocycles. The molecular weight excluding hydrogens is 394 g/mol. The van der Waals surface area contributed by atoms with E-state index in [1.54, 1.807) is 0 Å². The Hall–Kier alpha value is -1.63. The molecule has 4 rings (SSSR count). The number of halogens is 1. The molecule has 1 spiro atoms. The molecular formula is C22H30ClNO5. The van der Waals surface area contributed by atoms with Gasteiger partial charge in [0, 0.05) is 18.8 Å².